The van der Waals surface area contributed by atoms with Gasteiger partial charge in [0.2, 0.25) is 0 Å². The highest BCUT2D eigenvalue weighted by atomic mass is 32.1. The van der Waals surface area contributed by atoms with E-state index in [1.54, 1.807) is 29.6 Å². The summed E-state index contributed by atoms with van der Waals surface area (Å²) in [5.74, 6) is 0.734. The minimum absolute atomic E-state index is 0.316. The second-order valence-corrected chi connectivity index (χ2v) is 8.48. The highest BCUT2D eigenvalue weighted by molar-refractivity contribution is 7.18. The maximum atomic E-state index is 10.6. The quantitative estimate of drug-likeness (QED) is 0.305. The van der Waals surface area contributed by atoms with Crippen molar-refractivity contribution in [2.24, 2.45) is 4.99 Å². The molecule has 0 aliphatic carbocycles. The number of aromatic nitrogens is 1. The summed E-state index contributed by atoms with van der Waals surface area (Å²) in [5, 5.41) is 22.3. The molecule has 1 aromatic carbocycles. The molecule has 1 atom stereocenters. The van der Waals surface area contributed by atoms with E-state index in [1.807, 2.05) is 29.8 Å². The molecule has 3 aromatic rings. The Balaban J connectivity index is 1.50. The van der Waals surface area contributed by atoms with Crippen molar-refractivity contribution in [3.63, 3.8) is 0 Å². The Hall–Kier alpha value is -1.96. The highest BCUT2D eigenvalue weighted by Gasteiger charge is 2.23. The van der Waals surface area contributed by atoms with Gasteiger partial charge in [0.25, 0.3) is 0 Å². The van der Waals surface area contributed by atoms with E-state index in [9.17, 15) is 5.11 Å². The van der Waals surface area contributed by atoms with Gasteiger partial charge >= 0.3 is 0 Å². The maximum Gasteiger partial charge on any atom is 0.191 e. The molecular weight excluding hydrogens is 376 g/mol. The molecule has 144 valence electrons. The average molecular weight is 403 g/mol. The summed E-state index contributed by atoms with van der Waals surface area (Å²) in [7, 11) is 0. The number of para-hydroxylation sites is 1. The zero-order valence-corrected chi connectivity index (χ0v) is 17.4. The highest BCUT2D eigenvalue weighted by Crippen LogP contribution is 2.23. The lowest BCUT2D eigenvalue weighted by atomic mass is 10.00. The Bertz CT molecular complexity index is 838. The van der Waals surface area contributed by atoms with Crippen LogP contribution < -0.4 is 10.6 Å². The molecule has 3 rings (SSSR count). The number of nitrogens with one attached hydrogen (secondary N) is 2. The molecule has 2 aromatic heterocycles. The molecule has 0 bridgehead atoms. The van der Waals surface area contributed by atoms with Gasteiger partial charge in [0, 0.05) is 19.5 Å². The summed E-state index contributed by atoms with van der Waals surface area (Å²) in [6.45, 7) is 5.74. The average Bonchev–Trinajstić information content (AvgIpc) is 3.32. The number of hydrogen-bond donors (Lipinski definition) is 3. The van der Waals surface area contributed by atoms with Gasteiger partial charge < -0.3 is 15.7 Å². The van der Waals surface area contributed by atoms with Crippen molar-refractivity contribution in [2.75, 3.05) is 19.6 Å². The maximum absolute atomic E-state index is 10.6. The van der Waals surface area contributed by atoms with Crippen LogP contribution in [0.5, 0.6) is 0 Å². The van der Waals surface area contributed by atoms with Gasteiger partial charge in [-0.3, -0.25) is 0 Å². The lowest BCUT2D eigenvalue weighted by Gasteiger charge is -2.21. The molecule has 0 amide bonds. The number of thiophene rings is 1. The third kappa shape index (κ3) is 5.51. The molecule has 0 saturated heterocycles. The molecule has 0 aliphatic rings. The van der Waals surface area contributed by atoms with Crippen LogP contribution >= 0.6 is 22.7 Å². The smallest absolute Gasteiger partial charge is 0.191 e. The number of hydrogen-bond acceptors (Lipinski definition) is 5. The number of aliphatic hydroxyl groups is 1. The SMILES string of the molecule is CCNC(=NCC(C)(O)c1ccsc1)NCCCc1nc2ccccc2s1. The molecule has 27 heavy (non-hydrogen) atoms. The molecule has 1 unspecified atom stereocenters. The zero-order chi connectivity index (χ0) is 19.1. The Morgan fingerprint density at radius 3 is 2.85 bits per heavy atom. The minimum Gasteiger partial charge on any atom is -0.383 e. The predicted octanol–water partition coefficient (Wildman–Crippen LogP) is 3.75. The molecular formula is C20H26N4OS2. The number of guanidine groups is 1. The van der Waals surface area contributed by atoms with Crippen LogP contribution in [-0.4, -0.2) is 35.7 Å². The van der Waals surface area contributed by atoms with E-state index in [1.165, 1.54) is 9.71 Å². The normalized spacial score (nSPS) is 14.3. The van der Waals surface area contributed by atoms with Gasteiger partial charge in [-0.2, -0.15) is 11.3 Å². The summed E-state index contributed by atoms with van der Waals surface area (Å²) in [6, 6.07) is 10.2. The van der Waals surface area contributed by atoms with E-state index >= 15 is 0 Å². The van der Waals surface area contributed by atoms with Crippen molar-refractivity contribution in [2.45, 2.75) is 32.3 Å². The molecule has 5 nitrogen and oxygen atoms in total. The van der Waals surface area contributed by atoms with E-state index in [0.29, 0.717) is 6.54 Å². The van der Waals surface area contributed by atoms with Crippen molar-refractivity contribution in [1.82, 2.24) is 15.6 Å². The second kappa shape index (κ2) is 9.30. The lowest BCUT2D eigenvalue weighted by Crippen LogP contribution is -2.39. The van der Waals surface area contributed by atoms with Crippen molar-refractivity contribution >= 4 is 38.8 Å². The van der Waals surface area contributed by atoms with Gasteiger partial charge in [-0.25, -0.2) is 9.98 Å². The minimum atomic E-state index is -0.955. The fourth-order valence-electron chi connectivity index (χ4n) is 2.71. The first-order valence-corrected chi connectivity index (χ1v) is 11.0. The Labute approximate surface area is 168 Å². The van der Waals surface area contributed by atoms with E-state index in [4.69, 9.17) is 0 Å². The molecule has 2 heterocycles. The first-order valence-electron chi connectivity index (χ1n) is 9.20. The van der Waals surface area contributed by atoms with Crippen LogP contribution in [0, 0.1) is 0 Å². The summed E-state index contributed by atoms with van der Waals surface area (Å²) < 4.78 is 1.24. The van der Waals surface area contributed by atoms with Crippen molar-refractivity contribution in [3.05, 3.63) is 51.7 Å². The van der Waals surface area contributed by atoms with E-state index in [0.717, 1.165) is 43.0 Å². The van der Waals surface area contributed by atoms with E-state index in [2.05, 4.69) is 38.8 Å². The number of fused-ring (bicyclic) bond motifs is 1. The fraction of sp³-hybridized carbons (Fsp3) is 0.400. The van der Waals surface area contributed by atoms with Crippen LogP contribution in [0.2, 0.25) is 0 Å². The number of benzene rings is 1. The van der Waals surface area contributed by atoms with Gasteiger partial charge in [0.1, 0.15) is 5.60 Å². The lowest BCUT2D eigenvalue weighted by molar-refractivity contribution is 0.0677. The summed E-state index contributed by atoms with van der Waals surface area (Å²) >= 11 is 3.34. The Morgan fingerprint density at radius 2 is 2.11 bits per heavy atom. The van der Waals surface area contributed by atoms with Crippen LogP contribution in [0.4, 0.5) is 0 Å². The first kappa shape index (κ1) is 19.8. The molecule has 7 heteroatoms. The molecule has 0 fully saturated rings. The van der Waals surface area contributed by atoms with Crippen molar-refractivity contribution < 1.29 is 5.11 Å². The van der Waals surface area contributed by atoms with Crippen LogP contribution in [-0.2, 0) is 12.0 Å². The van der Waals surface area contributed by atoms with Crippen LogP contribution in [0.15, 0.2) is 46.1 Å². The first-order chi connectivity index (χ1) is 13.1. The van der Waals surface area contributed by atoms with Gasteiger partial charge in [-0.05, 0) is 54.8 Å². The Kier molecular flexibility index (Phi) is 6.82. The molecule has 0 spiro atoms. The standard InChI is InChI=1S/C20H26N4OS2/c1-3-21-19(23-14-20(2,25)15-10-12-26-13-15)22-11-6-9-18-24-16-7-4-5-8-17(16)27-18/h4-5,7-8,10,12-13,25H,3,6,9,11,14H2,1-2H3,(H2,21,22,23). The Morgan fingerprint density at radius 1 is 1.26 bits per heavy atom. The van der Waals surface area contributed by atoms with Gasteiger partial charge in [-0.15, -0.1) is 11.3 Å². The summed E-state index contributed by atoms with van der Waals surface area (Å²) in [5.41, 5.74) is 1.03. The number of aryl methyl sites for hydroxylation is 1. The number of nitrogens with zero attached hydrogens (tertiary/aromatic N) is 2. The fourth-order valence-corrected chi connectivity index (χ4v) is 4.50. The monoisotopic (exact) mass is 402 g/mol. The van der Waals surface area contributed by atoms with E-state index in [-0.39, 0.29) is 0 Å². The largest absolute Gasteiger partial charge is 0.383 e. The van der Waals surface area contributed by atoms with Crippen LogP contribution in [0.3, 0.4) is 0 Å². The molecule has 0 saturated carbocycles. The summed E-state index contributed by atoms with van der Waals surface area (Å²) in [6.07, 6.45) is 1.92. The van der Waals surface area contributed by atoms with Gasteiger partial charge in [-0.1, -0.05) is 12.1 Å². The third-order valence-corrected chi connectivity index (χ3v) is 6.01. The van der Waals surface area contributed by atoms with Crippen LogP contribution in [0.1, 0.15) is 30.8 Å². The van der Waals surface area contributed by atoms with Gasteiger partial charge in [0.15, 0.2) is 5.96 Å². The van der Waals surface area contributed by atoms with Gasteiger partial charge in [0.05, 0.1) is 21.8 Å². The number of rotatable bonds is 8. The van der Waals surface area contributed by atoms with Crippen LogP contribution in [0.25, 0.3) is 10.2 Å². The van der Waals surface area contributed by atoms with Crippen molar-refractivity contribution in [1.29, 1.82) is 0 Å². The topological polar surface area (TPSA) is 69.5 Å². The zero-order valence-electron chi connectivity index (χ0n) is 15.7. The van der Waals surface area contributed by atoms with E-state index < -0.39 is 5.60 Å². The third-order valence-electron chi connectivity index (χ3n) is 4.23. The number of thiazole rings is 1. The molecule has 0 radical (unpaired) electrons. The number of aliphatic imine (C=N–C) groups is 1. The molecule has 3 N–H and O–H groups in total. The second-order valence-electron chi connectivity index (χ2n) is 6.59. The molecule has 0 aliphatic heterocycles. The summed E-state index contributed by atoms with van der Waals surface area (Å²) in [4.78, 5) is 9.23. The van der Waals surface area contributed by atoms with Crippen molar-refractivity contribution in [3.8, 4) is 0 Å². The predicted molar refractivity (Wildman–Crippen MR) is 116 cm³/mol.